The lowest BCUT2D eigenvalue weighted by molar-refractivity contribution is 0.392. The number of rotatable bonds is 6. The van der Waals surface area contributed by atoms with E-state index in [4.69, 9.17) is 15.3 Å². The molecule has 2 aromatic rings. The van der Waals surface area contributed by atoms with Crippen molar-refractivity contribution in [1.82, 2.24) is 5.43 Å². The molecule has 0 aliphatic carbocycles. The molecule has 1 aromatic heterocycles. The van der Waals surface area contributed by atoms with Crippen molar-refractivity contribution in [3.63, 3.8) is 0 Å². The van der Waals surface area contributed by atoms with Crippen LogP contribution in [0.2, 0.25) is 0 Å². The van der Waals surface area contributed by atoms with Crippen LogP contribution in [0, 0.1) is 0 Å². The van der Waals surface area contributed by atoms with Crippen LogP contribution < -0.4 is 20.7 Å². The van der Waals surface area contributed by atoms with Crippen LogP contribution in [0.3, 0.4) is 0 Å². The minimum absolute atomic E-state index is 0.0655. The van der Waals surface area contributed by atoms with E-state index in [0.717, 1.165) is 23.5 Å². The minimum atomic E-state index is -0.0655. The van der Waals surface area contributed by atoms with Gasteiger partial charge in [0.15, 0.2) is 0 Å². The Morgan fingerprint density at radius 2 is 1.80 bits per heavy atom. The number of aryl methyl sites for hydroxylation is 1. The van der Waals surface area contributed by atoms with Gasteiger partial charge in [-0.25, -0.2) is 5.43 Å². The Bertz CT molecular complexity index is 547. The molecule has 3 N–H and O–H groups in total. The number of hydrogen-bond donors (Lipinski definition) is 2. The summed E-state index contributed by atoms with van der Waals surface area (Å²) in [7, 11) is 3.29. The van der Waals surface area contributed by atoms with E-state index < -0.39 is 0 Å². The molecule has 0 amide bonds. The third kappa shape index (κ3) is 3.12. The van der Waals surface area contributed by atoms with Gasteiger partial charge in [0.25, 0.3) is 0 Å². The molecule has 0 radical (unpaired) electrons. The number of methoxy groups -OCH3 is 2. The van der Waals surface area contributed by atoms with Crippen LogP contribution in [-0.2, 0) is 6.42 Å². The van der Waals surface area contributed by atoms with Gasteiger partial charge in [0.1, 0.15) is 11.5 Å². The maximum Gasteiger partial charge on any atom is 0.122 e. The summed E-state index contributed by atoms with van der Waals surface area (Å²) in [6.07, 6.45) is 1.03. The average molecular weight is 292 g/mol. The number of benzene rings is 1. The monoisotopic (exact) mass is 292 g/mol. The standard InChI is InChI=1S/C15H20N2O2S/c1-4-13-5-6-14(20-13)15(17-16)10-7-11(18-2)9-12(8-10)19-3/h5-9,15,17H,4,16H2,1-3H3. The molecule has 1 heterocycles. The molecule has 108 valence electrons. The van der Waals surface area contributed by atoms with Crippen molar-refractivity contribution in [2.24, 2.45) is 5.84 Å². The van der Waals surface area contributed by atoms with Crippen LogP contribution in [-0.4, -0.2) is 14.2 Å². The Hall–Kier alpha value is -1.56. The second kappa shape index (κ2) is 6.74. The van der Waals surface area contributed by atoms with Crippen molar-refractivity contribution in [3.8, 4) is 11.5 Å². The zero-order valence-corrected chi connectivity index (χ0v) is 12.8. The highest BCUT2D eigenvalue weighted by Crippen LogP contribution is 2.32. The fourth-order valence-corrected chi connectivity index (χ4v) is 3.12. The first-order valence-corrected chi connectivity index (χ1v) is 7.31. The van der Waals surface area contributed by atoms with Crippen LogP contribution in [0.5, 0.6) is 11.5 Å². The first-order valence-electron chi connectivity index (χ1n) is 6.49. The Morgan fingerprint density at radius 1 is 1.15 bits per heavy atom. The zero-order chi connectivity index (χ0) is 14.5. The lowest BCUT2D eigenvalue weighted by atomic mass is 10.1. The highest BCUT2D eigenvalue weighted by molar-refractivity contribution is 7.12. The summed E-state index contributed by atoms with van der Waals surface area (Å²) in [5, 5.41) is 0. The number of hydrogen-bond acceptors (Lipinski definition) is 5. The Kier molecular flexibility index (Phi) is 5.00. The smallest absolute Gasteiger partial charge is 0.122 e. The lowest BCUT2D eigenvalue weighted by Crippen LogP contribution is -2.28. The van der Waals surface area contributed by atoms with Crippen molar-refractivity contribution in [2.75, 3.05) is 14.2 Å². The molecular formula is C15H20N2O2S. The molecule has 0 aliphatic rings. The molecule has 0 aliphatic heterocycles. The van der Waals surface area contributed by atoms with Gasteiger partial charge < -0.3 is 9.47 Å². The normalized spacial score (nSPS) is 12.2. The van der Waals surface area contributed by atoms with E-state index in [0.29, 0.717) is 0 Å². The lowest BCUT2D eigenvalue weighted by Gasteiger charge is -2.17. The van der Waals surface area contributed by atoms with Crippen LogP contribution in [0.25, 0.3) is 0 Å². The number of hydrazine groups is 1. The van der Waals surface area contributed by atoms with Gasteiger partial charge in [0.05, 0.1) is 20.3 Å². The highest BCUT2D eigenvalue weighted by atomic mass is 32.1. The summed E-state index contributed by atoms with van der Waals surface area (Å²) in [5.74, 6) is 7.26. The molecule has 20 heavy (non-hydrogen) atoms. The van der Waals surface area contributed by atoms with Gasteiger partial charge in [0.2, 0.25) is 0 Å². The average Bonchev–Trinajstić information content (AvgIpc) is 2.96. The van der Waals surface area contributed by atoms with E-state index in [2.05, 4.69) is 24.5 Å². The van der Waals surface area contributed by atoms with E-state index in [-0.39, 0.29) is 6.04 Å². The maximum absolute atomic E-state index is 5.75. The first kappa shape index (κ1) is 14.8. The summed E-state index contributed by atoms with van der Waals surface area (Å²) in [6, 6.07) is 9.98. The van der Waals surface area contributed by atoms with E-state index in [1.54, 1.807) is 25.6 Å². The topological polar surface area (TPSA) is 56.5 Å². The Morgan fingerprint density at radius 3 is 2.25 bits per heavy atom. The van der Waals surface area contributed by atoms with Gasteiger partial charge in [-0.05, 0) is 36.2 Å². The van der Waals surface area contributed by atoms with Crippen molar-refractivity contribution in [1.29, 1.82) is 0 Å². The first-order chi connectivity index (χ1) is 9.71. The predicted octanol–water partition coefficient (Wildman–Crippen LogP) is 2.88. The molecule has 1 atom stereocenters. The van der Waals surface area contributed by atoms with Crippen molar-refractivity contribution >= 4 is 11.3 Å². The summed E-state index contributed by atoms with van der Waals surface area (Å²) < 4.78 is 10.6. The van der Waals surface area contributed by atoms with Gasteiger partial charge in [-0.15, -0.1) is 11.3 Å². The van der Waals surface area contributed by atoms with Gasteiger partial charge in [-0.3, -0.25) is 5.84 Å². The molecule has 5 heteroatoms. The number of thiophene rings is 1. The van der Waals surface area contributed by atoms with Crippen molar-refractivity contribution in [2.45, 2.75) is 19.4 Å². The summed E-state index contributed by atoms with van der Waals surface area (Å²) in [6.45, 7) is 2.15. The second-order valence-electron chi connectivity index (χ2n) is 4.40. The maximum atomic E-state index is 5.75. The van der Waals surface area contributed by atoms with E-state index in [9.17, 15) is 0 Å². The third-order valence-electron chi connectivity index (χ3n) is 3.19. The SMILES string of the molecule is CCc1ccc(C(NN)c2cc(OC)cc(OC)c2)s1. The number of nitrogens with two attached hydrogens (primary N) is 1. The van der Waals surface area contributed by atoms with Gasteiger partial charge in [0, 0.05) is 15.8 Å². The molecule has 4 nitrogen and oxygen atoms in total. The van der Waals surface area contributed by atoms with Crippen LogP contribution in [0.1, 0.15) is 28.3 Å². The van der Waals surface area contributed by atoms with Gasteiger partial charge in [-0.1, -0.05) is 6.92 Å². The summed E-state index contributed by atoms with van der Waals surface area (Å²) >= 11 is 1.76. The molecule has 0 saturated heterocycles. The Labute approximate surface area is 123 Å². The molecule has 0 bridgehead atoms. The largest absolute Gasteiger partial charge is 0.497 e. The molecule has 0 fully saturated rings. The number of nitrogens with one attached hydrogen (secondary N) is 1. The van der Waals surface area contributed by atoms with Crippen LogP contribution in [0.4, 0.5) is 0 Å². The van der Waals surface area contributed by atoms with E-state index in [1.165, 1.54) is 9.75 Å². The molecule has 1 unspecified atom stereocenters. The molecule has 2 rings (SSSR count). The predicted molar refractivity (Wildman–Crippen MR) is 82.4 cm³/mol. The Balaban J connectivity index is 2.40. The fourth-order valence-electron chi connectivity index (χ4n) is 2.08. The quantitative estimate of drug-likeness (QED) is 0.635. The van der Waals surface area contributed by atoms with Gasteiger partial charge >= 0.3 is 0 Å². The van der Waals surface area contributed by atoms with Gasteiger partial charge in [-0.2, -0.15) is 0 Å². The highest BCUT2D eigenvalue weighted by Gasteiger charge is 2.16. The van der Waals surface area contributed by atoms with Crippen LogP contribution in [0.15, 0.2) is 30.3 Å². The molecule has 0 saturated carbocycles. The number of ether oxygens (including phenoxy) is 2. The third-order valence-corrected chi connectivity index (χ3v) is 4.48. The summed E-state index contributed by atoms with van der Waals surface area (Å²) in [5.41, 5.74) is 3.90. The zero-order valence-electron chi connectivity index (χ0n) is 12.0. The van der Waals surface area contributed by atoms with Crippen LogP contribution >= 0.6 is 11.3 Å². The van der Waals surface area contributed by atoms with E-state index in [1.807, 2.05) is 18.2 Å². The molecule has 0 spiro atoms. The fraction of sp³-hybridized carbons (Fsp3) is 0.333. The van der Waals surface area contributed by atoms with Crippen molar-refractivity contribution in [3.05, 3.63) is 45.6 Å². The minimum Gasteiger partial charge on any atom is -0.497 e. The molecule has 1 aromatic carbocycles. The molecular weight excluding hydrogens is 272 g/mol. The summed E-state index contributed by atoms with van der Waals surface area (Å²) in [4.78, 5) is 2.52. The van der Waals surface area contributed by atoms with Crippen molar-refractivity contribution < 1.29 is 9.47 Å². The second-order valence-corrected chi connectivity index (χ2v) is 5.60. The van der Waals surface area contributed by atoms with E-state index >= 15 is 0 Å².